The Balaban J connectivity index is 1.65. The van der Waals surface area contributed by atoms with Crippen molar-refractivity contribution in [1.82, 2.24) is 0 Å². The maximum atomic E-state index is 11.2. The molecule has 0 aromatic heterocycles. The molecule has 4 N–H and O–H groups in total. The van der Waals surface area contributed by atoms with Crippen LogP contribution in [0.3, 0.4) is 0 Å². The van der Waals surface area contributed by atoms with Crippen LogP contribution in [0.4, 0.5) is 0 Å². The lowest BCUT2D eigenvalue weighted by atomic mass is 9.96. The van der Waals surface area contributed by atoms with Gasteiger partial charge in [0.25, 0.3) is 0 Å². The number of hydrogen-bond acceptors (Lipinski definition) is 8. The second-order valence-corrected chi connectivity index (χ2v) is 5.54. The summed E-state index contributed by atoms with van der Waals surface area (Å²) in [6.45, 7) is -0.515. The highest BCUT2D eigenvalue weighted by atomic mass is 16.7. The number of aliphatic hydroxyl groups is 4. The van der Waals surface area contributed by atoms with Gasteiger partial charge in [-0.3, -0.25) is 0 Å². The number of rotatable bonds is 3. The molecule has 0 unspecified atom stereocenters. The molecular weight excluding hydrogens is 296 g/mol. The summed E-state index contributed by atoms with van der Waals surface area (Å²) in [5.74, 6) is -0.404. The molecule has 0 radical (unpaired) electrons. The molecule has 0 amide bonds. The zero-order valence-corrected chi connectivity index (χ0v) is 11.6. The van der Waals surface area contributed by atoms with Crippen LogP contribution in [0.5, 0.6) is 0 Å². The predicted octanol–water partition coefficient (Wildman–Crippen LogP) is -2.02. The second-order valence-electron chi connectivity index (χ2n) is 5.54. The van der Waals surface area contributed by atoms with Crippen molar-refractivity contribution in [2.24, 2.45) is 0 Å². The lowest BCUT2D eigenvalue weighted by Crippen LogP contribution is -2.59. The minimum Gasteiger partial charge on any atom is -0.454 e. The van der Waals surface area contributed by atoms with Crippen LogP contribution in [0.1, 0.15) is 6.42 Å². The van der Waals surface area contributed by atoms with Gasteiger partial charge in [0.2, 0.25) is 0 Å². The quantitative estimate of drug-likeness (QED) is 0.440. The lowest BCUT2D eigenvalue weighted by Gasteiger charge is -2.41. The van der Waals surface area contributed by atoms with E-state index in [1.165, 1.54) is 6.08 Å². The van der Waals surface area contributed by atoms with E-state index >= 15 is 0 Å². The highest BCUT2D eigenvalue weighted by Crippen LogP contribution is 2.30. The molecule has 22 heavy (non-hydrogen) atoms. The fraction of sp³-hybridized carbons (Fsp3) is 0.643. The van der Waals surface area contributed by atoms with E-state index in [0.29, 0.717) is 6.42 Å². The molecule has 0 aromatic carbocycles. The molecule has 0 aromatic rings. The molecule has 122 valence electrons. The molecule has 2 aliphatic heterocycles. The Labute approximate surface area is 126 Å². The number of fused-ring (bicyclic) bond motifs is 1. The van der Waals surface area contributed by atoms with Crippen molar-refractivity contribution in [2.75, 3.05) is 6.61 Å². The van der Waals surface area contributed by atoms with E-state index in [9.17, 15) is 20.1 Å². The van der Waals surface area contributed by atoms with Gasteiger partial charge in [0.05, 0.1) is 12.7 Å². The highest BCUT2D eigenvalue weighted by molar-refractivity contribution is 5.86. The van der Waals surface area contributed by atoms with Crippen molar-refractivity contribution in [3.8, 4) is 0 Å². The van der Waals surface area contributed by atoms with E-state index in [0.717, 1.165) is 5.57 Å². The van der Waals surface area contributed by atoms with Crippen LogP contribution in [-0.2, 0) is 19.0 Å². The molecule has 7 atom stereocenters. The molecular formula is C14H18O8. The third kappa shape index (κ3) is 2.81. The lowest BCUT2D eigenvalue weighted by molar-refractivity contribution is -0.308. The SMILES string of the molecule is O=C1C=C2C=C[C@@H](O[C@@H]3O[C@H](CO)[C@@H](O)[C@H](O)[C@H]3O)C[C@H]2O1. The molecule has 3 aliphatic rings. The van der Waals surface area contributed by atoms with Gasteiger partial charge in [0, 0.05) is 12.5 Å². The van der Waals surface area contributed by atoms with Crippen LogP contribution in [0.2, 0.25) is 0 Å². The van der Waals surface area contributed by atoms with Gasteiger partial charge in [0.1, 0.15) is 30.5 Å². The summed E-state index contributed by atoms with van der Waals surface area (Å²) in [6.07, 6.45) is -2.29. The smallest absolute Gasteiger partial charge is 0.331 e. The number of carbonyl (C=O) groups is 1. The normalized spacial score (nSPS) is 44.5. The van der Waals surface area contributed by atoms with E-state index in [1.54, 1.807) is 12.2 Å². The Morgan fingerprint density at radius 3 is 2.73 bits per heavy atom. The number of aliphatic hydroxyl groups excluding tert-OH is 4. The Morgan fingerprint density at radius 1 is 1.23 bits per heavy atom. The van der Waals surface area contributed by atoms with Crippen molar-refractivity contribution in [1.29, 1.82) is 0 Å². The first-order chi connectivity index (χ1) is 10.5. The number of carbonyl (C=O) groups excluding carboxylic acids is 1. The van der Waals surface area contributed by atoms with E-state index in [1.807, 2.05) is 0 Å². The minimum absolute atomic E-state index is 0.364. The first-order valence-electron chi connectivity index (χ1n) is 7.06. The molecule has 1 fully saturated rings. The van der Waals surface area contributed by atoms with Crippen LogP contribution >= 0.6 is 0 Å². The molecule has 1 aliphatic carbocycles. The van der Waals surface area contributed by atoms with Gasteiger partial charge < -0.3 is 34.6 Å². The maximum Gasteiger partial charge on any atom is 0.331 e. The number of esters is 1. The van der Waals surface area contributed by atoms with Gasteiger partial charge in [-0.2, -0.15) is 0 Å². The van der Waals surface area contributed by atoms with Gasteiger partial charge in [-0.1, -0.05) is 12.2 Å². The van der Waals surface area contributed by atoms with E-state index < -0.39 is 55.5 Å². The summed E-state index contributed by atoms with van der Waals surface area (Å²) in [7, 11) is 0. The Hall–Kier alpha value is -1.29. The molecule has 8 heteroatoms. The number of ether oxygens (including phenoxy) is 3. The summed E-state index contributed by atoms with van der Waals surface area (Å²) >= 11 is 0. The second kappa shape index (κ2) is 6.07. The van der Waals surface area contributed by atoms with Crippen molar-refractivity contribution >= 4 is 5.97 Å². The van der Waals surface area contributed by atoms with Crippen LogP contribution in [0, 0.1) is 0 Å². The number of hydrogen-bond donors (Lipinski definition) is 4. The monoisotopic (exact) mass is 314 g/mol. The van der Waals surface area contributed by atoms with Crippen LogP contribution < -0.4 is 0 Å². The van der Waals surface area contributed by atoms with Crippen molar-refractivity contribution in [3.05, 3.63) is 23.8 Å². The third-order valence-corrected chi connectivity index (χ3v) is 4.02. The molecule has 0 bridgehead atoms. The predicted molar refractivity (Wildman–Crippen MR) is 70.4 cm³/mol. The van der Waals surface area contributed by atoms with Crippen LogP contribution in [0.25, 0.3) is 0 Å². The van der Waals surface area contributed by atoms with Gasteiger partial charge in [-0.05, 0) is 5.57 Å². The van der Waals surface area contributed by atoms with E-state index in [-0.39, 0.29) is 0 Å². The van der Waals surface area contributed by atoms with Crippen LogP contribution in [-0.4, -0.2) is 75.9 Å². The van der Waals surface area contributed by atoms with Gasteiger partial charge in [0.15, 0.2) is 6.29 Å². The molecule has 8 nitrogen and oxygen atoms in total. The van der Waals surface area contributed by atoms with Crippen molar-refractivity contribution < 1.29 is 39.4 Å². The van der Waals surface area contributed by atoms with Crippen molar-refractivity contribution in [2.45, 2.75) is 49.3 Å². The topological polar surface area (TPSA) is 126 Å². The summed E-state index contributed by atoms with van der Waals surface area (Å²) < 4.78 is 16.0. The molecule has 2 heterocycles. The van der Waals surface area contributed by atoms with Crippen molar-refractivity contribution in [3.63, 3.8) is 0 Å². The van der Waals surface area contributed by atoms with E-state index in [4.69, 9.17) is 19.3 Å². The zero-order valence-electron chi connectivity index (χ0n) is 11.6. The zero-order chi connectivity index (χ0) is 15.9. The molecule has 0 spiro atoms. The van der Waals surface area contributed by atoms with Gasteiger partial charge in [-0.25, -0.2) is 4.79 Å². The van der Waals surface area contributed by atoms with Gasteiger partial charge >= 0.3 is 5.97 Å². The Morgan fingerprint density at radius 2 is 2.00 bits per heavy atom. The average Bonchev–Trinajstić information content (AvgIpc) is 2.87. The first kappa shape index (κ1) is 15.6. The fourth-order valence-corrected chi connectivity index (χ4v) is 2.77. The first-order valence-corrected chi connectivity index (χ1v) is 7.06. The molecule has 1 saturated heterocycles. The fourth-order valence-electron chi connectivity index (χ4n) is 2.77. The standard InChI is InChI=1S/C14H18O8/c15-5-9-11(17)12(18)13(19)14(22-9)20-7-2-1-6-3-10(16)21-8(6)4-7/h1-3,7-9,11-15,17-19H,4-5H2/t7-,8-,9-,11-,12+,13-,14-/m1/s1. The van der Waals surface area contributed by atoms with Crippen LogP contribution in [0.15, 0.2) is 23.8 Å². The summed E-state index contributed by atoms with van der Waals surface area (Å²) in [6, 6.07) is 0. The maximum absolute atomic E-state index is 11.2. The van der Waals surface area contributed by atoms with Gasteiger partial charge in [-0.15, -0.1) is 0 Å². The third-order valence-electron chi connectivity index (χ3n) is 4.02. The summed E-state index contributed by atoms with van der Waals surface area (Å²) in [4.78, 5) is 11.2. The highest BCUT2D eigenvalue weighted by Gasteiger charge is 2.45. The Kier molecular flexibility index (Phi) is 4.31. The summed E-state index contributed by atoms with van der Waals surface area (Å²) in [5.41, 5.74) is 0.763. The molecule has 3 rings (SSSR count). The largest absolute Gasteiger partial charge is 0.454 e. The van der Waals surface area contributed by atoms with E-state index in [2.05, 4.69) is 0 Å². The Bertz CT molecular complexity index is 499. The molecule has 0 saturated carbocycles. The average molecular weight is 314 g/mol. The minimum atomic E-state index is -1.48. The summed E-state index contributed by atoms with van der Waals surface area (Å²) in [5, 5.41) is 38.5.